The number of aryl methyl sites for hydroxylation is 1. The van der Waals surface area contributed by atoms with Crippen molar-refractivity contribution in [3.05, 3.63) is 65.7 Å². The molecule has 1 heterocycles. The van der Waals surface area contributed by atoms with Crippen molar-refractivity contribution in [1.82, 2.24) is 0 Å². The summed E-state index contributed by atoms with van der Waals surface area (Å²) >= 11 is 0. The molecule has 120 valence electrons. The van der Waals surface area contributed by atoms with E-state index in [1.54, 1.807) is 54.6 Å². The minimum absolute atomic E-state index is 0.172. The number of anilines is 2. The highest BCUT2D eigenvalue weighted by atomic mass is 32.2. The molecule has 5 nitrogen and oxygen atoms in total. The van der Waals surface area contributed by atoms with Gasteiger partial charge in [-0.3, -0.25) is 9.52 Å². The van der Waals surface area contributed by atoms with Gasteiger partial charge < -0.3 is 5.32 Å². The van der Waals surface area contributed by atoms with Gasteiger partial charge in [0.15, 0.2) is 0 Å². The molecule has 0 atom stereocenters. The zero-order valence-electron chi connectivity index (χ0n) is 12.8. The molecule has 0 aliphatic carbocycles. The first-order valence-electron chi connectivity index (χ1n) is 7.42. The summed E-state index contributed by atoms with van der Waals surface area (Å²) in [7, 11) is -3.70. The summed E-state index contributed by atoms with van der Waals surface area (Å²) in [6.45, 7) is 1.90. The Morgan fingerprint density at radius 3 is 2.46 bits per heavy atom. The molecule has 3 aromatic rings. The van der Waals surface area contributed by atoms with Gasteiger partial charge >= 0.3 is 0 Å². The number of rotatable bonds is 3. The molecule has 0 saturated carbocycles. The number of carbonyl (C=O) groups is 1. The topological polar surface area (TPSA) is 75.3 Å². The summed E-state index contributed by atoms with van der Waals surface area (Å²) < 4.78 is 27.9. The zero-order chi connectivity index (χ0) is 16.9. The number of benzene rings is 3. The van der Waals surface area contributed by atoms with Crippen LogP contribution in [-0.2, 0) is 10.0 Å². The average molecular weight is 338 g/mol. The van der Waals surface area contributed by atoms with Crippen LogP contribution in [0.3, 0.4) is 0 Å². The van der Waals surface area contributed by atoms with Crippen molar-refractivity contribution in [2.45, 2.75) is 11.8 Å². The Labute approximate surface area is 139 Å². The molecule has 0 saturated heterocycles. The van der Waals surface area contributed by atoms with Crippen molar-refractivity contribution < 1.29 is 13.2 Å². The molecule has 0 fully saturated rings. The molecule has 24 heavy (non-hydrogen) atoms. The molecule has 1 aliphatic rings. The molecule has 1 aliphatic heterocycles. The van der Waals surface area contributed by atoms with Crippen LogP contribution in [-0.4, -0.2) is 14.3 Å². The van der Waals surface area contributed by atoms with Crippen molar-refractivity contribution in [3.63, 3.8) is 0 Å². The second kappa shape index (κ2) is 5.07. The fourth-order valence-electron chi connectivity index (χ4n) is 2.90. The van der Waals surface area contributed by atoms with E-state index in [-0.39, 0.29) is 10.8 Å². The molecule has 0 unspecified atom stereocenters. The quantitative estimate of drug-likeness (QED) is 0.767. The summed E-state index contributed by atoms with van der Waals surface area (Å²) in [5.41, 5.74) is 2.69. The largest absolute Gasteiger partial charge is 0.321 e. The lowest BCUT2D eigenvalue weighted by molar-refractivity contribution is 0.103. The Morgan fingerprint density at radius 2 is 1.71 bits per heavy atom. The highest BCUT2D eigenvalue weighted by Gasteiger charge is 2.23. The Hall–Kier alpha value is -2.86. The molecule has 3 aromatic carbocycles. The minimum Gasteiger partial charge on any atom is -0.321 e. The van der Waals surface area contributed by atoms with Gasteiger partial charge in [0.2, 0.25) is 0 Å². The fourth-order valence-corrected chi connectivity index (χ4v) is 3.98. The van der Waals surface area contributed by atoms with E-state index < -0.39 is 10.0 Å². The van der Waals surface area contributed by atoms with Gasteiger partial charge in [0.1, 0.15) is 0 Å². The van der Waals surface area contributed by atoms with Crippen LogP contribution >= 0.6 is 0 Å². The first kappa shape index (κ1) is 14.7. The highest BCUT2D eigenvalue weighted by molar-refractivity contribution is 7.92. The molecular formula is C18H14N2O3S. The average Bonchev–Trinajstić information content (AvgIpc) is 2.88. The van der Waals surface area contributed by atoms with Crippen LogP contribution in [0.5, 0.6) is 0 Å². The third-order valence-corrected chi connectivity index (χ3v) is 5.49. The highest BCUT2D eigenvalue weighted by Crippen LogP contribution is 2.37. The third-order valence-electron chi connectivity index (χ3n) is 4.11. The smallest absolute Gasteiger partial charge is 0.261 e. The maximum absolute atomic E-state index is 12.6. The Morgan fingerprint density at radius 1 is 0.958 bits per heavy atom. The molecule has 1 amide bonds. The van der Waals surface area contributed by atoms with Crippen LogP contribution in [0.1, 0.15) is 15.9 Å². The zero-order valence-corrected chi connectivity index (χ0v) is 13.6. The van der Waals surface area contributed by atoms with Gasteiger partial charge in [-0.05, 0) is 37.3 Å². The SMILES string of the molecule is Cc1ccc(S(=O)(=O)Nc2ccc3c4c(cccc24)C(=O)N3)cc1. The Bertz CT molecular complexity index is 1090. The van der Waals surface area contributed by atoms with E-state index >= 15 is 0 Å². The van der Waals surface area contributed by atoms with Crippen molar-refractivity contribution >= 4 is 38.1 Å². The van der Waals surface area contributed by atoms with Crippen LogP contribution < -0.4 is 10.0 Å². The summed E-state index contributed by atoms with van der Waals surface area (Å²) in [5.74, 6) is -0.172. The van der Waals surface area contributed by atoms with E-state index in [9.17, 15) is 13.2 Å². The van der Waals surface area contributed by atoms with E-state index in [0.29, 0.717) is 22.3 Å². The van der Waals surface area contributed by atoms with Gasteiger partial charge in [-0.1, -0.05) is 29.8 Å². The molecule has 0 radical (unpaired) electrons. The van der Waals surface area contributed by atoms with Crippen molar-refractivity contribution in [1.29, 1.82) is 0 Å². The van der Waals surface area contributed by atoms with Crippen LogP contribution in [0, 0.1) is 6.92 Å². The maximum Gasteiger partial charge on any atom is 0.261 e. The van der Waals surface area contributed by atoms with E-state index in [1.807, 2.05) is 6.92 Å². The van der Waals surface area contributed by atoms with Gasteiger partial charge in [0.05, 0.1) is 10.6 Å². The van der Waals surface area contributed by atoms with Crippen molar-refractivity contribution in [2.75, 3.05) is 10.0 Å². The Kier molecular flexibility index (Phi) is 3.11. The molecule has 4 rings (SSSR count). The number of hydrogen-bond acceptors (Lipinski definition) is 3. The van der Waals surface area contributed by atoms with Crippen LogP contribution in [0.25, 0.3) is 10.8 Å². The molecule has 2 N–H and O–H groups in total. The van der Waals surface area contributed by atoms with Crippen LogP contribution in [0.15, 0.2) is 59.5 Å². The fraction of sp³-hybridized carbons (Fsp3) is 0.0556. The van der Waals surface area contributed by atoms with E-state index in [0.717, 1.165) is 10.9 Å². The molecule has 0 spiro atoms. The van der Waals surface area contributed by atoms with Gasteiger partial charge in [-0.2, -0.15) is 0 Å². The van der Waals surface area contributed by atoms with Crippen LogP contribution in [0.4, 0.5) is 11.4 Å². The molecule has 0 aromatic heterocycles. The lowest BCUT2D eigenvalue weighted by Crippen LogP contribution is -2.13. The number of carbonyl (C=O) groups excluding carboxylic acids is 1. The maximum atomic E-state index is 12.6. The third kappa shape index (κ3) is 2.23. The number of sulfonamides is 1. The number of nitrogens with one attached hydrogen (secondary N) is 2. The predicted molar refractivity (Wildman–Crippen MR) is 93.9 cm³/mol. The van der Waals surface area contributed by atoms with Gasteiger partial charge in [0, 0.05) is 22.0 Å². The summed E-state index contributed by atoms with van der Waals surface area (Å²) in [5, 5.41) is 4.22. The second-order valence-electron chi connectivity index (χ2n) is 5.76. The number of amides is 1. The molecular weight excluding hydrogens is 324 g/mol. The van der Waals surface area contributed by atoms with Gasteiger partial charge in [-0.15, -0.1) is 0 Å². The van der Waals surface area contributed by atoms with E-state index in [2.05, 4.69) is 10.0 Å². The monoisotopic (exact) mass is 338 g/mol. The number of hydrogen-bond donors (Lipinski definition) is 2. The second-order valence-corrected chi connectivity index (χ2v) is 7.44. The van der Waals surface area contributed by atoms with Crippen molar-refractivity contribution in [2.24, 2.45) is 0 Å². The first-order chi connectivity index (χ1) is 11.5. The predicted octanol–water partition coefficient (Wildman–Crippen LogP) is 3.51. The summed E-state index contributed by atoms with van der Waals surface area (Å²) in [6.07, 6.45) is 0. The van der Waals surface area contributed by atoms with Crippen LogP contribution in [0.2, 0.25) is 0 Å². The van der Waals surface area contributed by atoms with Gasteiger partial charge in [-0.25, -0.2) is 8.42 Å². The lowest BCUT2D eigenvalue weighted by atomic mass is 10.0. The Balaban J connectivity index is 1.83. The first-order valence-corrected chi connectivity index (χ1v) is 8.90. The summed E-state index contributed by atoms with van der Waals surface area (Å²) in [4.78, 5) is 12.1. The lowest BCUT2D eigenvalue weighted by Gasteiger charge is -2.11. The van der Waals surface area contributed by atoms with E-state index in [1.165, 1.54) is 0 Å². The van der Waals surface area contributed by atoms with Crippen molar-refractivity contribution in [3.8, 4) is 0 Å². The molecule has 6 heteroatoms. The summed E-state index contributed by atoms with van der Waals surface area (Å²) in [6, 6.07) is 15.3. The van der Waals surface area contributed by atoms with Gasteiger partial charge in [0.25, 0.3) is 15.9 Å². The standard InChI is InChI=1S/C18H14N2O3S/c1-11-5-7-12(8-6-11)24(22,23)20-15-9-10-16-17-13(15)3-2-4-14(17)18(21)19-16/h2-10,20H,1H3,(H,19,21). The minimum atomic E-state index is -3.70. The van der Waals surface area contributed by atoms with E-state index in [4.69, 9.17) is 0 Å². The molecule has 0 bridgehead atoms. The normalized spacial score (nSPS) is 13.1.